The van der Waals surface area contributed by atoms with E-state index < -0.39 is 0 Å². The molecule has 88 valence electrons. The number of nitrogens with two attached hydrogens (primary N) is 1. The van der Waals surface area contributed by atoms with Crippen molar-refractivity contribution < 1.29 is 4.74 Å². The van der Waals surface area contributed by atoms with Crippen LogP contribution >= 0.6 is 0 Å². The third-order valence-electron chi connectivity index (χ3n) is 2.53. The molecule has 0 aromatic heterocycles. The van der Waals surface area contributed by atoms with E-state index in [1.165, 1.54) is 0 Å². The van der Waals surface area contributed by atoms with Gasteiger partial charge in [-0.2, -0.15) is 0 Å². The molecule has 0 atom stereocenters. The Labute approximate surface area is 97.1 Å². The van der Waals surface area contributed by atoms with E-state index in [2.05, 4.69) is 13.8 Å². The van der Waals surface area contributed by atoms with Gasteiger partial charge in [0, 0.05) is 6.42 Å². The molecule has 0 fully saturated rings. The van der Waals surface area contributed by atoms with Gasteiger partial charge in [0.1, 0.15) is 5.75 Å². The quantitative estimate of drug-likeness (QED) is 0.572. The Hall–Kier alpha value is -1.51. The van der Waals surface area contributed by atoms with Crippen molar-refractivity contribution in [1.82, 2.24) is 0 Å². The molecule has 0 aliphatic rings. The Kier molecular flexibility index (Phi) is 4.83. The molecule has 0 bridgehead atoms. The second-order valence-corrected chi connectivity index (χ2v) is 3.90. The molecule has 0 radical (unpaired) electrons. The zero-order valence-corrected chi connectivity index (χ0v) is 9.99. The summed E-state index contributed by atoms with van der Waals surface area (Å²) in [4.78, 5) is 0. The molecule has 16 heavy (non-hydrogen) atoms. The van der Waals surface area contributed by atoms with Gasteiger partial charge in [-0.1, -0.05) is 26.0 Å². The number of nitrogens with one attached hydrogen (secondary N) is 1. The van der Waals surface area contributed by atoms with E-state index in [9.17, 15) is 0 Å². The van der Waals surface area contributed by atoms with E-state index in [1.54, 1.807) is 0 Å². The van der Waals surface area contributed by atoms with Gasteiger partial charge >= 0.3 is 0 Å². The molecular formula is C13H20N2O. The Morgan fingerprint density at radius 3 is 2.25 bits per heavy atom. The van der Waals surface area contributed by atoms with E-state index in [0.29, 0.717) is 12.5 Å². The second kappa shape index (κ2) is 6.16. The Morgan fingerprint density at radius 2 is 1.81 bits per heavy atom. The van der Waals surface area contributed by atoms with E-state index >= 15 is 0 Å². The van der Waals surface area contributed by atoms with Crippen molar-refractivity contribution in [3.05, 3.63) is 29.8 Å². The summed E-state index contributed by atoms with van der Waals surface area (Å²) in [5, 5.41) is 7.20. The van der Waals surface area contributed by atoms with Crippen molar-refractivity contribution in [2.45, 2.75) is 39.2 Å². The van der Waals surface area contributed by atoms with Gasteiger partial charge in [0.2, 0.25) is 0 Å². The van der Waals surface area contributed by atoms with Gasteiger partial charge in [-0.25, -0.2) is 0 Å². The number of benzene rings is 1. The van der Waals surface area contributed by atoms with Crippen molar-refractivity contribution in [2.24, 2.45) is 5.73 Å². The minimum absolute atomic E-state index is 0.189. The number of amidine groups is 1. The van der Waals surface area contributed by atoms with Gasteiger partial charge in [0.05, 0.1) is 11.9 Å². The lowest BCUT2D eigenvalue weighted by molar-refractivity contribution is 0.193. The Morgan fingerprint density at radius 1 is 1.25 bits per heavy atom. The molecule has 1 aromatic rings. The first-order chi connectivity index (χ1) is 7.65. The fourth-order valence-corrected chi connectivity index (χ4v) is 1.55. The maximum Gasteiger partial charge on any atom is 0.119 e. The van der Waals surface area contributed by atoms with Crippen molar-refractivity contribution in [1.29, 1.82) is 5.41 Å². The van der Waals surface area contributed by atoms with Crippen LogP contribution in [-0.2, 0) is 6.42 Å². The highest BCUT2D eigenvalue weighted by Crippen LogP contribution is 2.16. The van der Waals surface area contributed by atoms with Crippen molar-refractivity contribution >= 4 is 5.84 Å². The molecule has 0 aliphatic carbocycles. The summed E-state index contributed by atoms with van der Waals surface area (Å²) in [5.41, 5.74) is 6.38. The SMILES string of the molecule is CCC(CC)Oc1ccc(CC(=N)N)cc1. The van der Waals surface area contributed by atoms with Gasteiger partial charge < -0.3 is 10.5 Å². The molecule has 0 saturated heterocycles. The van der Waals surface area contributed by atoms with E-state index in [-0.39, 0.29) is 5.84 Å². The van der Waals surface area contributed by atoms with Crippen LogP contribution in [0.1, 0.15) is 32.3 Å². The minimum Gasteiger partial charge on any atom is -0.490 e. The van der Waals surface area contributed by atoms with Gasteiger partial charge in [0.15, 0.2) is 0 Å². The zero-order chi connectivity index (χ0) is 12.0. The lowest BCUT2D eigenvalue weighted by Gasteiger charge is -2.15. The smallest absolute Gasteiger partial charge is 0.119 e. The first-order valence-electron chi connectivity index (χ1n) is 5.74. The number of rotatable bonds is 6. The third-order valence-corrected chi connectivity index (χ3v) is 2.53. The number of hydrogen-bond donors (Lipinski definition) is 2. The maximum atomic E-state index is 7.20. The predicted molar refractivity (Wildman–Crippen MR) is 67.1 cm³/mol. The molecule has 3 N–H and O–H groups in total. The molecule has 1 aromatic carbocycles. The van der Waals surface area contributed by atoms with E-state index in [4.69, 9.17) is 15.9 Å². The van der Waals surface area contributed by atoms with Crippen molar-refractivity contribution in [3.8, 4) is 5.75 Å². The highest BCUT2D eigenvalue weighted by atomic mass is 16.5. The highest BCUT2D eigenvalue weighted by molar-refractivity contribution is 5.79. The summed E-state index contributed by atoms with van der Waals surface area (Å²) in [5.74, 6) is 1.08. The van der Waals surface area contributed by atoms with Crippen LogP contribution in [-0.4, -0.2) is 11.9 Å². The van der Waals surface area contributed by atoms with E-state index in [0.717, 1.165) is 24.2 Å². The van der Waals surface area contributed by atoms with Crippen LogP contribution in [0.25, 0.3) is 0 Å². The van der Waals surface area contributed by atoms with Crippen LogP contribution in [0.15, 0.2) is 24.3 Å². The van der Waals surface area contributed by atoms with Gasteiger partial charge in [0.25, 0.3) is 0 Å². The zero-order valence-electron chi connectivity index (χ0n) is 9.99. The van der Waals surface area contributed by atoms with Crippen LogP contribution < -0.4 is 10.5 Å². The van der Waals surface area contributed by atoms with Crippen molar-refractivity contribution in [3.63, 3.8) is 0 Å². The summed E-state index contributed by atoms with van der Waals surface area (Å²) in [7, 11) is 0. The number of ether oxygens (including phenoxy) is 1. The molecule has 0 saturated carbocycles. The van der Waals surface area contributed by atoms with Gasteiger partial charge in [-0.15, -0.1) is 0 Å². The van der Waals surface area contributed by atoms with Crippen LogP contribution in [0.4, 0.5) is 0 Å². The summed E-state index contributed by atoms with van der Waals surface area (Å²) in [6.45, 7) is 4.25. The first-order valence-corrected chi connectivity index (χ1v) is 5.74. The maximum absolute atomic E-state index is 7.20. The van der Waals surface area contributed by atoms with Crippen molar-refractivity contribution in [2.75, 3.05) is 0 Å². The van der Waals surface area contributed by atoms with E-state index in [1.807, 2.05) is 24.3 Å². The Balaban J connectivity index is 2.60. The van der Waals surface area contributed by atoms with Crippen LogP contribution in [0.5, 0.6) is 5.75 Å². The van der Waals surface area contributed by atoms with Crippen LogP contribution in [0.3, 0.4) is 0 Å². The fourth-order valence-electron chi connectivity index (χ4n) is 1.55. The molecule has 0 aliphatic heterocycles. The topological polar surface area (TPSA) is 59.1 Å². The molecule has 0 unspecified atom stereocenters. The molecule has 0 amide bonds. The molecule has 3 heteroatoms. The molecule has 1 rings (SSSR count). The summed E-state index contributed by atoms with van der Waals surface area (Å²) in [6.07, 6.45) is 2.83. The fraction of sp³-hybridized carbons (Fsp3) is 0.462. The highest BCUT2D eigenvalue weighted by Gasteiger charge is 2.04. The molecule has 0 heterocycles. The summed E-state index contributed by atoms with van der Waals surface area (Å²) >= 11 is 0. The largest absolute Gasteiger partial charge is 0.490 e. The number of hydrogen-bond acceptors (Lipinski definition) is 2. The summed E-state index contributed by atoms with van der Waals surface area (Å²) < 4.78 is 5.79. The molecule has 3 nitrogen and oxygen atoms in total. The average Bonchev–Trinajstić information content (AvgIpc) is 2.27. The molecular weight excluding hydrogens is 200 g/mol. The predicted octanol–water partition coefficient (Wildman–Crippen LogP) is 2.73. The molecule has 0 spiro atoms. The summed E-state index contributed by atoms with van der Waals surface area (Å²) in [6, 6.07) is 7.80. The normalized spacial score (nSPS) is 10.4. The van der Waals surface area contributed by atoms with Gasteiger partial charge in [-0.3, -0.25) is 5.41 Å². The minimum atomic E-state index is 0.189. The Bertz CT molecular complexity index is 328. The standard InChI is InChI=1S/C13H20N2O/c1-3-11(4-2)16-12-7-5-10(6-8-12)9-13(14)15/h5-8,11H,3-4,9H2,1-2H3,(H3,14,15). The van der Waals surface area contributed by atoms with Gasteiger partial charge in [-0.05, 0) is 30.5 Å². The lowest BCUT2D eigenvalue weighted by Crippen LogP contribution is -2.14. The second-order valence-electron chi connectivity index (χ2n) is 3.90. The average molecular weight is 220 g/mol. The van der Waals surface area contributed by atoms with Crippen LogP contribution in [0, 0.1) is 5.41 Å². The lowest BCUT2D eigenvalue weighted by atomic mass is 10.1. The van der Waals surface area contributed by atoms with Crippen LogP contribution in [0.2, 0.25) is 0 Å². The first kappa shape index (κ1) is 12.6. The third kappa shape index (κ3) is 3.93. The monoisotopic (exact) mass is 220 g/mol.